The molecule has 0 aromatic heterocycles. The number of ether oxygens (including phenoxy) is 2. The van der Waals surface area contributed by atoms with Gasteiger partial charge in [-0.05, 0) is 0 Å². The summed E-state index contributed by atoms with van der Waals surface area (Å²) < 4.78 is 28.3. The topological polar surface area (TPSA) is 44.8 Å². The molecule has 1 aliphatic rings. The lowest BCUT2D eigenvalue weighted by molar-refractivity contribution is -0.00921. The first kappa shape index (κ1) is 14.6. The Hall–Kier alpha value is 0.525. The Balaban J connectivity index is 2.70. The van der Waals surface area contributed by atoms with Crippen LogP contribution in [0.15, 0.2) is 0 Å². The summed E-state index contributed by atoms with van der Waals surface area (Å²) in [5.41, 5.74) is 0. The molecule has 1 aliphatic heterocycles. The molecule has 5 atom stereocenters. The van der Waals surface area contributed by atoms with E-state index in [9.17, 15) is 4.57 Å². The van der Waals surface area contributed by atoms with Crippen molar-refractivity contribution in [1.29, 1.82) is 0 Å². The van der Waals surface area contributed by atoms with Crippen LogP contribution in [0.4, 0.5) is 0 Å². The Kier molecular flexibility index (Phi) is 5.40. The molecule has 0 aliphatic carbocycles. The molecule has 0 aromatic rings. The highest BCUT2D eigenvalue weighted by Gasteiger charge is 2.42. The van der Waals surface area contributed by atoms with Gasteiger partial charge in [0.05, 0.1) is 12.7 Å². The molecular weight excluding hydrogens is 246 g/mol. The molecule has 7 heteroatoms. The molecule has 1 heterocycles. The Morgan fingerprint density at radius 3 is 2.69 bits per heavy atom. The first-order valence-corrected chi connectivity index (χ1v) is 8.52. The van der Waals surface area contributed by atoms with E-state index in [1.54, 1.807) is 7.11 Å². The fraction of sp³-hybridized carbons (Fsp3) is 1.00. The SMILES string of the molecule is B[C@@H]1O[C@H](COC)[C@H](OP(=O)(S)CC)C1C. The third-order valence-electron chi connectivity index (χ3n) is 3.03. The average molecular weight is 266 g/mol. The molecule has 2 unspecified atom stereocenters. The van der Waals surface area contributed by atoms with E-state index < -0.39 is 6.57 Å². The molecule has 0 saturated carbocycles. The minimum atomic E-state index is -2.79. The predicted octanol–water partition coefficient (Wildman–Crippen LogP) is 1.15. The van der Waals surface area contributed by atoms with Gasteiger partial charge in [-0.3, -0.25) is 4.57 Å². The summed E-state index contributed by atoms with van der Waals surface area (Å²) in [5.74, 6) is 0.201. The Bertz CT molecular complexity index is 278. The summed E-state index contributed by atoms with van der Waals surface area (Å²) in [6.45, 7) is 1.51. The maximum absolute atomic E-state index is 11.9. The summed E-state index contributed by atoms with van der Waals surface area (Å²) in [6, 6.07) is 0.0929. The van der Waals surface area contributed by atoms with Crippen molar-refractivity contribution in [3.8, 4) is 0 Å². The summed E-state index contributed by atoms with van der Waals surface area (Å²) in [4.78, 5) is 0. The third kappa shape index (κ3) is 3.51. The molecule has 1 saturated heterocycles. The van der Waals surface area contributed by atoms with Crippen LogP contribution in [0.5, 0.6) is 0 Å². The van der Waals surface area contributed by atoms with Crippen molar-refractivity contribution in [2.75, 3.05) is 19.9 Å². The third-order valence-corrected chi connectivity index (χ3v) is 5.53. The van der Waals surface area contributed by atoms with Gasteiger partial charge in [0.2, 0.25) is 0 Å². The Morgan fingerprint density at radius 2 is 2.19 bits per heavy atom. The molecule has 0 bridgehead atoms. The van der Waals surface area contributed by atoms with Crippen LogP contribution >= 0.6 is 18.8 Å². The van der Waals surface area contributed by atoms with E-state index in [4.69, 9.17) is 14.0 Å². The van der Waals surface area contributed by atoms with Gasteiger partial charge in [0.25, 0.3) is 6.57 Å². The number of hydrogen-bond acceptors (Lipinski definition) is 4. The maximum atomic E-state index is 11.9. The lowest BCUT2D eigenvalue weighted by Gasteiger charge is -2.24. The minimum Gasteiger partial charge on any atom is -0.382 e. The van der Waals surface area contributed by atoms with Gasteiger partial charge in [-0.1, -0.05) is 26.1 Å². The van der Waals surface area contributed by atoms with E-state index >= 15 is 0 Å². The smallest absolute Gasteiger partial charge is 0.254 e. The molecule has 0 radical (unpaired) electrons. The first-order valence-electron chi connectivity index (χ1n) is 5.56. The Morgan fingerprint density at radius 1 is 1.56 bits per heavy atom. The zero-order valence-corrected chi connectivity index (χ0v) is 12.0. The lowest BCUT2D eigenvalue weighted by Crippen LogP contribution is -2.31. The van der Waals surface area contributed by atoms with Gasteiger partial charge in [0.1, 0.15) is 14.0 Å². The van der Waals surface area contributed by atoms with Crippen molar-refractivity contribution >= 4 is 26.7 Å². The number of rotatable bonds is 5. The molecule has 94 valence electrons. The Labute approximate surface area is 103 Å². The monoisotopic (exact) mass is 266 g/mol. The second kappa shape index (κ2) is 5.92. The second-order valence-electron chi connectivity index (χ2n) is 4.22. The van der Waals surface area contributed by atoms with Gasteiger partial charge in [-0.15, -0.1) is 0 Å². The molecule has 1 fully saturated rings. The van der Waals surface area contributed by atoms with Gasteiger partial charge in [-0.25, -0.2) is 0 Å². The molecular formula is C9H20BO4PS. The standard InChI is InChI=1S/C9H20BO4PS/c1-4-15(11,16)14-8-6(2)9(10)13-7(8)5-12-3/h6-9H,4-5,10H2,1-3H3,(H,11,16)/t6?,7-,8-,9-,15?/m1/s1. The fourth-order valence-corrected chi connectivity index (χ4v) is 2.99. The van der Waals surface area contributed by atoms with E-state index in [1.807, 2.05) is 21.7 Å². The van der Waals surface area contributed by atoms with Gasteiger partial charge < -0.3 is 14.0 Å². The minimum absolute atomic E-state index is 0.0929. The van der Waals surface area contributed by atoms with Crippen molar-refractivity contribution in [3.63, 3.8) is 0 Å². The molecule has 1 rings (SSSR count). The van der Waals surface area contributed by atoms with Crippen LogP contribution in [0.1, 0.15) is 13.8 Å². The van der Waals surface area contributed by atoms with Crippen LogP contribution in [-0.2, 0) is 18.6 Å². The largest absolute Gasteiger partial charge is 0.382 e. The predicted molar refractivity (Wildman–Crippen MR) is 70.3 cm³/mol. The fourth-order valence-electron chi connectivity index (χ4n) is 1.81. The van der Waals surface area contributed by atoms with Crippen molar-refractivity contribution in [2.24, 2.45) is 5.92 Å². The van der Waals surface area contributed by atoms with E-state index in [-0.39, 0.29) is 24.1 Å². The van der Waals surface area contributed by atoms with Crippen LogP contribution in [0.3, 0.4) is 0 Å². The van der Waals surface area contributed by atoms with Gasteiger partial charge in [-0.2, -0.15) is 0 Å². The zero-order valence-electron chi connectivity index (χ0n) is 10.3. The molecule has 16 heavy (non-hydrogen) atoms. The summed E-state index contributed by atoms with van der Waals surface area (Å²) in [7, 11) is 3.61. The van der Waals surface area contributed by atoms with Crippen LogP contribution in [-0.4, -0.2) is 45.9 Å². The molecule has 4 nitrogen and oxygen atoms in total. The van der Waals surface area contributed by atoms with Gasteiger partial charge in [0, 0.05) is 25.2 Å². The lowest BCUT2D eigenvalue weighted by atomic mass is 9.86. The van der Waals surface area contributed by atoms with Crippen LogP contribution < -0.4 is 0 Å². The van der Waals surface area contributed by atoms with Crippen molar-refractivity contribution in [1.82, 2.24) is 0 Å². The summed E-state index contributed by atoms with van der Waals surface area (Å²) in [5, 5.41) is 0. The highest BCUT2D eigenvalue weighted by molar-refractivity contribution is 8.46. The summed E-state index contributed by atoms with van der Waals surface area (Å²) >= 11 is 4.08. The van der Waals surface area contributed by atoms with Gasteiger partial charge >= 0.3 is 0 Å². The van der Waals surface area contributed by atoms with Crippen LogP contribution in [0, 0.1) is 5.92 Å². The number of thiol groups is 1. The quantitative estimate of drug-likeness (QED) is 0.460. The van der Waals surface area contributed by atoms with Gasteiger partial charge in [0.15, 0.2) is 0 Å². The summed E-state index contributed by atoms with van der Waals surface area (Å²) in [6.07, 6.45) is 0.0770. The van der Waals surface area contributed by atoms with E-state index in [0.29, 0.717) is 12.8 Å². The van der Waals surface area contributed by atoms with E-state index in [1.165, 1.54) is 0 Å². The maximum Gasteiger partial charge on any atom is 0.254 e. The molecule has 0 amide bonds. The van der Waals surface area contributed by atoms with Crippen molar-refractivity contribution in [2.45, 2.75) is 32.1 Å². The number of methoxy groups -OCH3 is 1. The van der Waals surface area contributed by atoms with Crippen LogP contribution in [0.2, 0.25) is 0 Å². The van der Waals surface area contributed by atoms with Crippen LogP contribution in [0.25, 0.3) is 0 Å². The van der Waals surface area contributed by atoms with E-state index in [2.05, 4.69) is 12.2 Å². The van der Waals surface area contributed by atoms with Crippen molar-refractivity contribution in [3.05, 3.63) is 0 Å². The number of hydrogen-bond donors (Lipinski definition) is 1. The average Bonchev–Trinajstić information content (AvgIpc) is 2.47. The normalized spacial score (nSPS) is 38.5. The molecule has 0 aromatic carbocycles. The zero-order chi connectivity index (χ0) is 12.3. The van der Waals surface area contributed by atoms with Crippen molar-refractivity contribution < 1.29 is 18.6 Å². The first-order chi connectivity index (χ1) is 7.41. The second-order valence-corrected chi connectivity index (χ2v) is 8.16. The molecule has 0 N–H and O–H groups in total. The highest BCUT2D eigenvalue weighted by atomic mass is 32.7. The van der Waals surface area contributed by atoms with E-state index in [0.717, 1.165) is 0 Å². The molecule has 0 spiro atoms. The highest BCUT2D eigenvalue weighted by Crippen LogP contribution is 2.54.